The number of aromatic nitrogens is 9. The zero-order valence-electron chi connectivity index (χ0n) is 46.6. The number of benzene rings is 9. The molecule has 27 heteroatoms. The van der Waals surface area contributed by atoms with E-state index in [1.54, 1.807) is 109 Å². The molecule has 0 aliphatic carbocycles. The molecule has 450 valence electrons. The largest absolute Gasteiger partial charge is 0.508 e. The van der Waals surface area contributed by atoms with E-state index in [1.165, 1.54) is 36.4 Å². The molecule has 0 fully saturated rings. The molecule has 0 saturated carbocycles. The summed E-state index contributed by atoms with van der Waals surface area (Å²) < 4.78 is 2.88. The van der Waals surface area contributed by atoms with Gasteiger partial charge in [0.15, 0.2) is 0 Å². The van der Waals surface area contributed by atoms with E-state index < -0.39 is 0 Å². The molecule has 0 bridgehead atoms. The quantitative estimate of drug-likeness (QED) is 0.0355. The Morgan fingerprint density at radius 3 is 0.622 bits per heavy atom. The number of aromatic hydroxyl groups is 6. The van der Waals surface area contributed by atoms with Crippen LogP contribution < -0.4 is 47.9 Å². The summed E-state index contributed by atoms with van der Waals surface area (Å²) in [6.07, 6.45) is 0. The maximum atomic E-state index is 10.0. The highest BCUT2D eigenvalue weighted by molar-refractivity contribution is 9.11. The summed E-state index contributed by atoms with van der Waals surface area (Å²) >= 11 is 10.4. The van der Waals surface area contributed by atoms with Gasteiger partial charge >= 0.3 is 0 Å². The molecule has 3 aromatic heterocycles. The van der Waals surface area contributed by atoms with Gasteiger partial charge in [0, 0.05) is 65.7 Å². The molecule has 0 radical (unpaired) electrons. The fourth-order valence-electron chi connectivity index (χ4n) is 7.95. The monoisotopic (exact) mass is 1390 g/mol. The highest BCUT2D eigenvalue weighted by Gasteiger charge is 2.15. The number of para-hydroxylation sites is 6. The number of hydrogen-bond acceptors (Lipinski definition) is 24. The lowest BCUT2D eigenvalue weighted by molar-refractivity contribution is 0.475. The maximum absolute atomic E-state index is 10.0. The van der Waals surface area contributed by atoms with Crippen LogP contribution in [0.5, 0.6) is 34.5 Å². The van der Waals surface area contributed by atoms with Crippen LogP contribution in [-0.4, -0.2) is 75.5 Å². The van der Waals surface area contributed by atoms with E-state index >= 15 is 0 Å². The first kappa shape index (κ1) is 61.5. The van der Waals surface area contributed by atoms with Gasteiger partial charge in [0.1, 0.15) is 34.5 Å². The standard InChI is InChI=1S/C21H15Br3N6.2C21H18N6O3/c22-13-4-1-7-16(10-13)25-19-28-20(26-17-8-2-5-14(23)11-17)30-21(29-19)27-18-9-3-6-15(24)12-18;28-16-7-1-4-13(10-16)22-19-25-20(23-14-5-2-8-17(29)11-14)27-21(26-19)24-15-6-3-9-18(30)12-15;28-16-10-4-1-7-13(16)22-19-25-20(23-14-8-2-5-11-17(14)29)27-21(26-19)24-15-9-3-6-12-18(15)30/h1-12H,(H3,25,26,27,28,29,30);2*1-12,28-30H,(H3,22,23,24,25,26,27). The van der Waals surface area contributed by atoms with E-state index in [4.69, 9.17) is 0 Å². The average molecular weight is 1400 g/mol. The molecular formula is C63H51Br3N18O6. The first-order valence-corrected chi connectivity index (χ1v) is 29.2. The van der Waals surface area contributed by atoms with Gasteiger partial charge in [0.05, 0.1) is 17.1 Å². The molecule has 0 aliphatic rings. The Labute approximate surface area is 538 Å². The van der Waals surface area contributed by atoms with Gasteiger partial charge in [-0.2, -0.15) is 44.9 Å². The van der Waals surface area contributed by atoms with Crippen LogP contribution in [0.3, 0.4) is 0 Å². The minimum atomic E-state index is 0.0309. The molecule has 0 atom stereocenters. The van der Waals surface area contributed by atoms with Crippen molar-refractivity contribution in [2.45, 2.75) is 0 Å². The molecule has 24 nitrogen and oxygen atoms in total. The minimum absolute atomic E-state index is 0.0309. The number of phenols is 6. The minimum Gasteiger partial charge on any atom is -0.508 e. The lowest BCUT2D eigenvalue weighted by atomic mass is 10.3. The summed E-state index contributed by atoms with van der Waals surface area (Å²) in [5.41, 5.74) is 5.57. The van der Waals surface area contributed by atoms with Crippen molar-refractivity contribution >= 4 is 153 Å². The van der Waals surface area contributed by atoms with E-state index in [9.17, 15) is 30.6 Å². The first-order valence-electron chi connectivity index (χ1n) is 26.8. The Morgan fingerprint density at radius 2 is 0.411 bits per heavy atom. The smallest absolute Gasteiger partial charge is 0.233 e. The fraction of sp³-hybridized carbons (Fsp3) is 0. The molecule has 9 aromatic carbocycles. The van der Waals surface area contributed by atoms with E-state index in [2.05, 4.69) is 140 Å². The van der Waals surface area contributed by atoms with Crippen molar-refractivity contribution in [1.82, 2.24) is 44.9 Å². The third-order valence-corrected chi connectivity index (χ3v) is 13.4. The Hall–Kier alpha value is -11.6. The van der Waals surface area contributed by atoms with Crippen LogP contribution in [0.15, 0.2) is 232 Å². The molecule has 90 heavy (non-hydrogen) atoms. The second-order valence-corrected chi connectivity index (χ2v) is 21.5. The number of anilines is 18. The predicted molar refractivity (Wildman–Crippen MR) is 360 cm³/mol. The highest BCUT2D eigenvalue weighted by atomic mass is 79.9. The third-order valence-electron chi connectivity index (χ3n) is 11.9. The van der Waals surface area contributed by atoms with Crippen LogP contribution >= 0.6 is 47.8 Å². The average Bonchev–Trinajstić information content (AvgIpc) is 3.23. The van der Waals surface area contributed by atoms with Crippen molar-refractivity contribution in [3.63, 3.8) is 0 Å². The van der Waals surface area contributed by atoms with Gasteiger partial charge < -0.3 is 78.5 Å². The van der Waals surface area contributed by atoms with Crippen LogP contribution in [0.4, 0.5) is 105 Å². The number of phenolic OH excluding ortho intramolecular Hbond substituents is 6. The molecule has 12 aromatic rings. The van der Waals surface area contributed by atoms with Crippen molar-refractivity contribution in [2.24, 2.45) is 0 Å². The second kappa shape index (κ2) is 29.7. The van der Waals surface area contributed by atoms with Gasteiger partial charge in [0.25, 0.3) is 0 Å². The molecule has 0 unspecified atom stereocenters. The second-order valence-electron chi connectivity index (χ2n) is 18.8. The summed E-state index contributed by atoms with van der Waals surface area (Å²) in [6.45, 7) is 0. The Balaban J connectivity index is 0.000000148. The van der Waals surface area contributed by atoms with Gasteiger partial charge in [-0.1, -0.05) is 121 Å². The Morgan fingerprint density at radius 1 is 0.211 bits per heavy atom. The van der Waals surface area contributed by atoms with E-state index in [0.29, 0.717) is 52.0 Å². The van der Waals surface area contributed by atoms with E-state index in [1.807, 2.05) is 72.8 Å². The lowest BCUT2D eigenvalue weighted by Crippen LogP contribution is -2.07. The molecule has 0 amide bonds. The topological polar surface area (TPSA) is 346 Å². The lowest BCUT2D eigenvalue weighted by Gasteiger charge is -2.13. The van der Waals surface area contributed by atoms with Gasteiger partial charge in [-0.15, -0.1) is 0 Å². The van der Waals surface area contributed by atoms with Gasteiger partial charge in [-0.25, -0.2) is 0 Å². The Bertz CT molecular complexity index is 3780. The van der Waals surface area contributed by atoms with E-state index in [-0.39, 0.29) is 70.2 Å². The SMILES string of the molecule is Brc1cccc(Nc2nc(Nc3cccc(Br)c3)nc(Nc3cccc(Br)c3)n2)c1.Oc1cccc(Nc2nc(Nc3cccc(O)c3)nc(Nc3cccc(O)c3)n2)c1.Oc1ccccc1Nc1nc(Nc2ccccc2O)nc(Nc2ccccc2O)n1. The molecule has 3 heterocycles. The van der Waals surface area contributed by atoms with Gasteiger partial charge in [0.2, 0.25) is 53.5 Å². The summed E-state index contributed by atoms with van der Waals surface area (Å²) in [6, 6.07) is 63.0. The fourth-order valence-corrected chi connectivity index (χ4v) is 9.15. The molecule has 12 rings (SSSR count). The van der Waals surface area contributed by atoms with Crippen molar-refractivity contribution in [3.8, 4) is 34.5 Å². The van der Waals surface area contributed by atoms with Gasteiger partial charge in [-0.3, -0.25) is 0 Å². The third kappa shape index (κ3) is 18.5. The summed E-state index contributed by atoms with van der Waals surface area (Å²) in [7, 11) is 0. The molecule has 0 aliphatic heterocycles. The molecule has 15 N–H and O–H groups in total. The summed E-state index contributed by atoms with van der Waals surface area (Å²) in [4.78, 5) is 39.5. The zero-order chi connectivity index (χ0) is 62.8. The number of hydrogen-bond donors (Lipinski definition) is 15. The van der Waals surface area contributed by atoms with Crippen LogP contribution in [0, 0.1) is 0 Å². The van der Waals surface area contributed by atoms with Crippen LogP contribution in [0.2, 0.25) is 0 Å². The predicted octanol–water partition coefficient (Wildman–Crippen LogP) is 15.8. The number of rotatable bonds is 18. The number of nitrogens with zero attached hydrogens (tertiary/aromatic N) is 9. The van der Waals surface area contributed by atoms with Crippen LogP contribution in [0.1, 0.15) is 0 Å². The van der Waals surface area contributed by atoms with Crippen molar-refractivity contribution in [3.05, 3.63) is 232 Å². The normalized spacial score (nSPS) is 10.4. The molecule has 0 saturated heterocycles. The van der Waals surface area contributed by atoms with Gasteiger partial charge in [-0.05, 0) is 127 Å². The Kier molecular flexibility index (Phi) is 20.3. The summed E-state index contributed by atoms with van der Waals surface area (Å²) in [5, 5.41) is 86.7. The maximum Gasteiger partial charge on any atom is 0.233 e. The van der Waals surface area contributed by atoms with Crippen molar-refractivity contribution < 1.29 is 30.6 Å². The first-order chi connectivity index (χ1) is 43.6. The van der Waals surface area contributed by atoms with Crippen LogP contribution in [0.25, 0.3) is 0 Å². The van der Waals surface area contributed by atoms with Crippen LogP contribution in [-0.2, 0) is 0 Å². The number of nitrogens with one attached hydrogen (secondary N) is 9. The van der Waals surface area contributed by atoms with E-state index in [0.717, 1.165) is 30.5 Å². The highest BCUT2D eigenvalue weighted by Crippen LogP contribution is 2.32. The zero-order valence-corrected chi connectivity index (χ0v) is 51.4. The molecule has 0 spiro atoms. The number of halogens is 3. The molecular weight excluding hydrogens is 1340 g/mol. The summed E-state index contributed by atoms with van der Waals surface area (Å²) in [5.74, 6) is 2.74. The van der Waals surface area contributed by atoms with Crippen molar-refractivity contribution in [2.75, 3.05) is 47.9 Å². The van der Waals surface area contributed by atoms with Crippen molar-refractivity contribution in [1.29, 1.82) is 0 Å².